The summed E-state index contributed by atoms with van der Waals surface area (Å²) in [6.07, 6.45) is 5.04. The Morgan fingerprint density at radius 2 is 1.92 bits per heavy atom. The van der Waals surface area contributed by atoms with E-state index in [0.717, 1.165) is 49.5 Å². The molecule has 8 nitrogen and oxygen atoms in total. The lowest BCUT2D eigenvalue weighted by Crippen LogP contribution is -2.54. The normalized spacial score (nSPS) is 23.6. The molecule has 0 bridgehead atoms. The Morgan fingerprint density at radius 3 is 2.61 bits per heavy atom. The SMILES string of the molecule is CCC(C)NC(=O)C1=CC(C)=NC(NC(=O)[C@H]2CCC(=O)N2C2CCN(Cc3ccc(Cl)c(C)c3)CC2)C1. The minimum atomic E-state index is -0.507. The summed E-state index contributed by atoms with van der Waals surface area (Å²) < 4.78 is 0. The largest absolute Gasteiger partial charge is 0.350 e. The second-order valence-electron chi connectivity index (χ2n) is 10.9. The van der Waals surface area contributed by atoms with Crippen molar-refractivity contribution < 1.29 is 14.4 Å². The number of allylic oxidation sites excluding steroid dienone is 1. The second kappa shape index (κ2) is 12.4. The molecule has 2 unspecified atom stereocenters. The summed E-state index contributed by atoms with van der Waals surface area (Å²) in [5, 5.41) is 6.79. The van der Waals surface area contributed by atoms with Crippen LogP contribution in [0, 0.1) is 6.92 Å². The van der Waals surface area contributed by atoms with Gasteiger partial charge < -0.3 is 15.5 Å². The van der Waals surface area contributed by atoms with Gasteiger partial charge in [0, 0.05) is 60.9 Å². The Morgan fingerprint density at radius 1 is 1.18 bits per heavy atom. The summed E-state index contributed by atoms with van der Waals surface area (Å²) in [4.78, 5) is 47.7. The zero-order chi connectivity index (χ0) is 27.4. The maximum atomic E-state index is 13.4. The topological polar surface area (TPSA) is 94.1 Å². The summed E-state index contributed by atoms with van der Waals surface area (Å²) in [7, 11) is 0. The standard InChI is InChI=1S/C29H40ClN5O3/c1-5-19(3)32-28(37)22-15-20(4)31-26(16-22)33-29(38)25-8-9-27(36)35(25)23-10-12-34(13-11-23)17-21-6-7-24(30)18(2)14-21/h6-7,14-15,19,23,25-26H,5,8-13,16-17H2,1-4H3,(H,32,37)(H,33,38)/t19?,25-,26?/m1/s1. The van der Waals surface area contributed by atoms with Gasteiger partial charge in [0.2, 0.25) is 17.7 Å². The van der Waals surface area contributed by atoms with Gasteiger partial charge in [-0.1, -0.05) is 30.7 Å². The number of carbonyl (C=O) groups excluding carboxylic acids is 3. The number of hydrogen-bond donors (Lipinski definition) is 2. The summed E-state index contributed by atoms with van der Waals surface area (Å²) in [5.74, 6) is -0.250. The van der Waals surface area contributed by atoms with Gasteiger partial charge in [-0.05, 0) is 69.7 Å². The zero-order valence-corrected chi connectivity index (χ0v) is 23.7. The molecule has 3 heterocycles. The monoisotopic (exact) mass is 541 g/mol. The van der Waals surface area contributed by atoms with Crippen molar-refractivity contribution in [3.05, 3.63) is 46.0 Å². The quantitative estimate of drug-likeness (QED) is 0.524. The molecule has 3 aliphatic heterocycles. The Kier molecular flexibility index (Phi) is 9.26. The average molecular weight is 542 g/mol. The third-order valence-corrected chi connectivity index (χ3v) is 8.31. The fourth-order valence-electron chi connectivity index (χ4n) is 5.61. The van der Waals surface area contributed by atoms with E-state index >= 15 is 0 Å². The van der Waals surface area contributed by atoms with E-state index in [9.17, 15) is 14.4 Å². The van der Waals surface area contributed by atoms with Crippen molar-refractivity contribution in [2.45, 2.75) is 97.1 Å². The number of piperidine rings is 1. The van der Waals surface area contributed by atoms with Crippen LogP contribution in [0.5, 0.6) is 0 Å². The van der Waals surface area contributed by atoms with Crippen LogP contribution in [0.15, 0.2) is 34.8 Å². The zero-order valence-electron chi connectivity index (χ0n) is 22.9. The van der Waals surface area contributed by atoms with Crippen LogP contribution in [-0.4, -0.2) is 70.6 Å². The van der Waals surface area contributed by atoms with Crippen LogP contribution in [0.2, 0.25) is 5.02 Å². The first kappa shape index (κ1) is 28.3. The molecule has 3 atom stereocenters. The molecule has 0 spiro atoms. The van der Waals surface area contributed by atoms with Gasteiger partial charge in [-0.25, -0.2) is 0 Å². The first-order valence-electron chi connectivity index (χ1n) is 13.8. The Labute approximate surface area is 230 Å². The van der Waals surface area contributed by atoms with Crippen molar-refractivity contribution in [3.63, 3.8) is 0 Å². The number of likely N-dealkylation sites (tertiary alicyclic amines) is 2. The molecule has 3 amide bonds. The molecule has 2 N–H and O–H groups in total. The molecule has 206 valence electrons. The summed E-state index contributed by atoms with van der Waals surface area (Å²) in [5.41, 5.74) is 3.63. The van der Waals surface area contributed by atoms with Crippen LogP contribution >= 0.6 is 11.6 Å². The van der Waals surface area contributed by atoms with Gasteiger partial charge in [0.05, 0.1) is 0 Å². The van der Waals surface area contributed by atoms with Crippen molar-refractivity contribution in [1.29, 1.82) is 0 Å². The average Bonchev–Trinajstić information content (AvgIpc) is 3.27. The number of amides is 3. The first-order valence-corrected chi connectivity index (χ1v) is 14.2. The van der Waals surface area contributed by atoms with Gasteiger partial charge in [0.1, 0.15) is 12.2 Å². The number of aliphatic imine (C=N–C) groups is 1. The molecule has 2 fully saturated rings. The highest BCUT2D eigenvalue weighted by Gasteiger charge is 2.41. The molecule has 3 aliphatic rings. The summed E-state index contributed by atoms with van der Waals surface area (Å²) in [6, 6.07) is 5.78. The van der Waals surface area contributed by atoms with E-state index in [0.29, 0.717) is 30.5 Å². The lowest BCUT2D eigenvalue weighted by molar-refractivity contribution is -0.138. The van der Waals surface area contributed by atoms with Crippen LogP contribution in [0.1, 0.15) is 70.4 Å². The molecule has 4 rings (SSSR count). The minimum absolute atomic E-state index is 0.0498. The fraction of sp³-hybridized carbons (Fsp3) is 0.586. The lowest BCUT2D eigenvalue weighted by Gasteiger charge is -2.39. The number of rotatable bonds is 8. The second-order valence-corrected chi connectivity index (χ2v) is 11.3. The van der Waals surface area contributed by atoms with E-state index in [1.54, 1.807) is 6.08 Å². The number of benzene rings is 1. The van der Waals surface area contributed by atoms with E-state index in [4.69, 9.17) is 11.6 Å². The third-order valence-electron chi connectivity index (χ3n) is 7.88. The van der Waals surface area contributed by atoms with Crippen LogP contribution in [0.3, 0.4) is 0 Å². The van der Waals surface area contributed by atoms with Crippen molar-refractivity contribution >= 4 is 35.0 Å². The Balaban J connectivity index is 1.33. The molecular weight excluding hydrogens is 502 g/mol. The molecule has 38 heavy (non-hydrogen) atoms. The predicted molar refractivity (Wildman–Crippen MR) is 150 cm³/mol. The number of carbonyl (C=O) groups is 3. The van der Waals surface area contributed by atoms with Crippen LogP contribution in [0.4, 0.5) is 0 Å². The smallest absolute Gasteiger partial charge is 0.247 e. The number of nitrogens with zero attached hydrogens (tertiary/aromatic N) is 3. The van der Waals surface area contributed by atoms with E-state index in [2.05, 4.69) is 32.7 Å². The Hall–Kier alpha value is -2.71. The van der Waals surface area contributed by atoms with Crippen molar-refractivity contribution in [1.82, 2.24) is 20.4 Å². The molecule has 0 saturated carbocycles. The fourth-order valence-corrected chi connectivity index (χ4v) is 5.72. The highest BCUT2D eigenvalue weighted by molar-refractivity contribution is 6.31. The number of halogens is 1. The maximum absolute atomic E-state index is 13.4. The minimum Gasteiger partial charge on any atom is -0.350 e. The van der Waals surface area contributed by atoms with Gasteiger partial charge in [-0.15, -0.1) is 0 Å². The lowest BCUT2D eigenvalue weighted by atomic mass is 10.0. The summed E-state index contributed by atoms with van der Waals surface area (Å²) in [6.45, 7) is 10.4. The number of dihydropyridines is 1. The molecule has 1 aromatic rings. The van der Waals surface area contributed by atoms with Gasteiger partial charge in [-0.2, -0.15) is 0 Å². The number of hydrogen-bond acceptors (Lipinski definition) is 5. The number of aryl methyl sites for hydroxylation is 1. The van der Waals surface area contributed by atoms with Crippen molar-refractivity contribution in [2.75, 3.05) is 13.1 Å². The summed E-state index contributed by atoms with van der Waals surface area (Å²) >= 11 is 6.17. The van der Waals surface area contributed by atoms with Crippen LogP contribution < -0.4 is 10.6 Å². The van der Waals surface area contributed by atoms with E-state index in [1.165, 1.54) is 5.56 Å². The molecule has 1 aromatic carbocycles. The van der Waals surface area contributed by atoms with Crippen molar-refractivity contribution in [3.8, 4) is 0 Å². The van der Waals surface area contributed by atoms with Gasteiger partial charge in [-0.3, -0.25) is 24.3 Å². The molecular formula is C29H40ClN5O3. The van der Waals surface area contributed by atoms with Crippen LogP contribution in [-0.2, 0) is 20.9 Å². The maximum Gasteiger partial charge on any atom is 0.247 e. The Bertz CT molecular complexity index is 1130. The van der Waals surface area contributed by atoms with Crippen LogP contribution in [0.25, 0.3) is 0 Å². The van der Waals surface area contributed by atoms with E-state index in [-0.39, 0.29) is 29.8 Å². The van der Waals surface area contributed by atoms with Gasteiger partial charge in [0.15, 0.2) is 0 Å². The molecule has 9 heteroatoms. The highest BCUT2D eigenvalue weighted by Crippen LogP contribution is 2.29. The number of nitrogens with one attached hydrogen (secondary N) is 2. The first-order chi connectivity index (χ1) is 18.1. The van der Waals surface area contributed by atoms with Gasteiger partial charge >= 0.3 is 0 Å². The molecule has 0 radical (unpaired) electrons. The van der Waals surface area contributed by atoms with Crippen molar-refractivity contribution in [2.24, 2.45) is 4.99 Å². The van der Waals surface area contributed by atoms with E-state index in [1.807, 2.05) is 38.7 Å². The van der Waals surface area contributed by atoms with Gasteiger partial charge in [0.25, 0.3) is 0 Å². The third kappa shape index (κ3) is 6.83. The molecule has 0 aliphatic carbocycles. The van der Waals surface area contributed by atoms with E-state index < -0.39 is 12.2 Å². The highest BCUT2D eigenvalue weighted by atomic mass is 35.5. The predicted octanol–water partition coefficient (Wildman–Crippen LogP) is 3.75. The molecule has 2 saturated heterocycles. The molecule has 0 aromatic heterocycles.